The number of carbonyl (C=O) groups excluding carboxylic acids is 2. The van der Waals surface area contributed by atoms with Crippen molar-refractivity contribution in [3.05, 3.63) is 112 Å². The molecule has 0 radical (unpaired) electrons. The quantitative estimate of drug-likeness (QED) is 0.114. The summed E-state index contributed by atoms with van der Waals surface area (Å²) in [6, 6.07) is 23.7. The highest BCUT2D eigenvalue weighted by Gasteiger charge is 2.16. The van der Waals surface area contributed by atoms with Crippen molar-refractivity contribution in [1.29, 1.82) is 0 Å². The zero-order chi connectivity index (χ0) is 32.2. The van der Waals surface area contributed by atoms with Crippen molar-refractivity contribution >= 4 is 35.3 Å². The Hall–Kier alpha value is -5.02. The zero-order valence-electron chi connectivity index (χ0n) is 25.7. The fourth-order valence-electron chi connectivity index (χ4n) is 4.35. The molecule has 45 heavy (non-hydrogen) atoms. The Morgan fingerprint density at radius 1 is 0.822 bits per heavy atom. The Bertz CT molecular complexity index is 1660. The number of nitrogens with zero attached hydrogens (tertiary/aromatic N) is 1. The van der Waals surface area contributed by atoms with Gasteiger partial charge in [-0.15, -0.1) is 0 Å². The van der Waals surface area contributed by atoms with Gasteiger partial charge in [-0.05, 0) is 80.8 Å². The van der Waals surface area contributed by atoms with Crippen molar-refractivity contribution in [2.24, 2.45) is 5.10 Å². The average Bonchev–Trinajstić information content (AvgIpc) is 3.02. The highest BCUT2D eigenvalue weighted by Crippen LogP contribution is 2.36. The molecule has 9 nitrogen and oxygen atoms in total. The summed E-state index contributed by atoms with van der Waals surface area (Å²) in [7, 11) is 0. The number of anilines is 1. The van der Waals surface area contributed by atoms with E-state index >= 15 is 0 Å². The molecule has 2 amide bonds. The van der Waals surface area contributed by atoms with E-state index in [-0.39, 0.29) is 23.3 Å². The van der Waals surface area contributed by atoms with E-state index in [1.54, 1.807) is 30.3 Å². The second-order valence-electron chi connectivity index (χ2n) is 9.99. The maximum atomic E-state index is 12.9. The number of rotatable bonds is 14. The van der Waals surface area contributed by atoms with Crippen LogP contribution in [0.2, 0.25) is 5.02 Å². The third-order valence-corrected chi connectivity index (χ3v) is 6.74. The summed E-state index contributed by atoms with van der Waals surface area (Å²) in [6.07, 6.45) is 1.43. The van der Waals surface area contributed by atoms with Crippen LogP contribution in [0.3, 0.4) is 0 Å². The fraction of sp³-hybridized carbons (Fsp3) is 0.229. The van der Waals surface area contributed by atoms with Crippen LogP contribution in [0.25, 0.3) is 0 Å². The molecular formula is C35H36ClN3O6. The van der Waals surface area contributed by atoms with Crippen LogP contribution in [0.1, 0.15) is 46.5 Å². The molecule has 0 aliphatic carbocycles. The molecule has 4 aromatic carbocycles. The van der Waals surface area contributed by atoms with Gasteiger partial charge in [-0.3, -0.25) is 9.59 Å². The molecule has 0 atom stereocenters. The monoisotopic (exact) mass is 629 g/mol. The topological polar surface area (TPSA) is 107 Å². The lowest BCUT2D eigenvalue weighted by Gasteiger charge is -2.15. The molecule has 0 unspecified atom stereocenters. The standard InChI is InChI=1S/C35H36ClN3O6/c1-5-42-31-19-27(13-15-30(31)44-21-25-10-8-7-9-11-25)35(41)39-37-20-26-17-28(36)34(32(18-26)43-6-2)45-22-33(40)38-29-14-12-23(3)16-24(29)4/h7-20H,5-6,21-22H2,1-4H3,(H,38,40)(H,39,41)/b37-20+. The molecule has 0 aliphatic heterocycles. The molecule has 0 bridgehead atoms. The van der Waals surface area contributed by atoms with Gasteiger partial charge in [0.15, 0.2) is 29.6 Å². The molecule has 0 fully saturated rings. The van der Waals surface area contributed by atoms with Gasteiger partial charge in [0.25, 0.3) is 11.8 Å². The van der Waals surface area contributed by atoms with E-state index < -0.39 is 5.91 Å². The van der Waals surface area contributed by atoms with Crippen LogP contribution in [0.15, 0.2) is 84.0 Å². The van der Waals surface area contributed by atoms with E-state index in [0.717, 1.165) is 16.7 Å². The van der Waals surface area contributed by atoms with Crippen LogP contribution < -0.4 is 29.7 Å². The molecule has 0 spiro atoms. The summed E-state index contributed by atoms with van der Waals surface area (Å²) in [4.78, 5) is 25.4. The first-order chi connectivity index (χ1) is 21.8. The highest BCUT2D eigenvalue weighted by molar-refractivity contribution is 6.32. The summed E-state index contributed by atoms with van der Waals surface area (Å²) in [5, 5.41) is 7.15. The fourth-order valence-corrected chi connectivity index (χ4v) is 4.62. The Morgan fingerprint density at radius 3 is 2.31 bits per heavy atom. The molecule has 10 heteroatoms. The number of nitrogens with one attached hydrogen (secondary N) is 2. The van der Waals surface area contributed by atoms with Crippen LogP contribution in [0, 0.1) is 13.8 Å². The SMILES string of the molecule is CCOc1cc(C(=O)N/N=C/c2cc(Cl)c(OCC(=O)Nc3ccc(C)cc3C)c(OCC)c2)ccc1OCc1ccccc1. The minimum Gasteiger partial charge on any atom is -0.490 e. The lowest BCUT2D eigenvalue weighted by atomic mass is 10.1. The largest absolute Gasteiger partial charge is 0.490 e. The minimum absolute atomic E-state index is 0.223. The molecule has 234 valence electrons. The lowest BCUT2D eigenvalue weighted by molar-refractivity contribution is -0.118. The van der Waals surface area contributed by atoms with Crippen LogP contribution in [0.5, 0.6) is 23.0 Å². The van der Waals surface area contributed by atoms with Gasteiger partial charge < -0.3 is 24.3 Å². The Morgan fingerprint density at radius 2 is 1.58 bits per heavy atom. The Kier molecular flexibility index (Phi) is 11.8. The molecule has 2 N–H and O–H groups in total. The highest BCUT2D eigenvalue weighted by atomic mass is 35.5. The number of benzene rings is 4. The predicted octanol–water partition coefficient (Wildman–Crippen LogP) is 7.11. The van der Waals surface area contributed by atoms with Crippen LogP contribution in [-0.2, 0) is 11.4 Å². The van der Waals surface area contributed by atoms with E-state index in [1.807, 2.05) is 76.2 Å². The Balaban J connectivity index is 1.39. The number of hydrogen-bond acceptors (Lipinski definition) is 7. The van der Waals surface area contributed by atoms with Gasteiger partial charge in [0.1, 0.15) is 6.61 Å². The van der Waals surface area contributed by atoms with E-state index in [0.29, 0.717) is 53.9 Å². The second-order valence-corrected chi connectivity index (χ2v) is 10.4. The van der Waals surface area contributed by atoms with Crippen molar-refractivity contribution in [3.63, 3.8) is 0 Å². The zero-order valence-corrected chi connectivity index (χ0v) is 26.4. The van der Waals surface area contributed by atoms with Gasteiger partial charge in [-0.1, -0.05) is 59.6 Å². The van der Waals surface area contributed by atoms with Crippen molar-refractivity contribution in [2.75, 3.05) is 25.1 Å². The van der Waals surface area contributed by atoms with Crippen LogP contribution >= 0.6 is 11.6 Å². The van der Waals surface area contributed by atoms with Gasteiger partial charge in [-0.2, -0.15) is 5.10 Å². The number of hydrogen-bond donors (Lipinski definition) is 2. The lowest BCUT2D eigenvalue weighted by Crippen LogP contribution is -2.21. The van der Waals surface area contributed by atoms with Crippen molar-refractivity contribution in [2.45, 2.75) is 34.3 Å². The summed E-state index contributed by atoms with van der Waals surface area (Å²) >= 11 is 6.51. The summed E-state index contributed by atoms with van der Waals surface area (Å²) in [5.74, 6) is 0.781. The molecule has 0 aliphatic rings. The number of hydrazone groups is 1. The Labute approximate surface area is 268 Å². The smallest absolute Gasteiger partial charge is 0.271 e. The van der Waals surface area contributed by atoms with Crippen LogP contribution in [0.4, 0.5) is 5.69 Å². The van der Waals surface area contributed by atoms with Gasteiger partial charge >= 0.3 is 0 Å². The molecule has 0 saturated carbocycles. The van der Waals surface area contributed by atoms with E-state index in [4.69, 9.17) is 30.5 Å². The summed E-state index contributed by atoms with van der Waals surface area (Å²) in [5.41, 5.74) is 7.19. The molecule has 4 rings (SSSR count). The third kappa shape index (κ3) is 9.48. The van der Waals surface area contributed by atoms with Crippen molar-refractivity contribution < 1.29 is 28.5 Å². The molecular weight excluding hydrogens is 594 g/mol. The van der Waals surface area contributed by atoms with Gasteiger partial charge in [0, 0.05) is 11.3 Å². The number of carbonyl (C=O) groups is 2. The van der Waals surface area contributed by atoms with E-state index in [1.165, 1.54) is 6.21 Å². The first-order valence-corrected chi connectivity index (χ1v) is 14.9. The number of aryl methyl sites for hydroxylation is 2. The first-order valence-electron chi connectivity index (χ1n) is 14.5. The van der Waals surface area contributed by atoms with Gasteiger partial charge in [-0.25, -0.2) is 5.43 Å². The third-order valence-electron chi connectivity index (χ3n) is 6.46. The number of halogens is 1. The summed E-state index contributed by atoms with van der Waals surface area (Å²) < 4.78 is 23.1. The molecule has 4 aromatic rings. The van der Waals surface area contributed by atoms with Crippen molar-refractivity contribution in [3.8, 4) is 23.0 Å². The molecule has 0 saturated heterocycles. The van der Waals surface area contributed by atoms with Crippen LogP contribution in [-0.4, -0.2) is 37.8 Å². The minimum atomic E-state index is -0.437. The maximum absolute atomic E-state index is 12.9. The number of ether oxygens (including phenoxy) is 4. The molecule has 0 heterocycles. The van der Waals surface area contributed by atoms with Gasteiger partial charge in [0.2, 0.25) is 0 Å². The van der Waals surface area contributed by atoms with E-state index in [2.05, 4.69) is 15.8 Å². The van der Waals surface area contributed by atoms with Crippen molar-refractivity contribution in [1.82, 2.24) is 5.43 Å². The van der Waals surface area contributed by atoms with Gasteiger partial charge in [0.05, 0.1) is 24.5 Å². The first kappa shape index (κ1) is 32.9. The number of amides is 2. The maximum Gasteiger partial charge on any atom is 0.271 e. The van der Waals surface area contributed by atoms with E-state index in [9.17, 15) is 9.59 Å². The average molecular weight is 630 g/mol. The predicted molar refractivity (Wildman–Crippen MR) is 176 cm³/mol. The second kappa shape index (κ2) is 16.2. The normalized spacial score (nSPS) is 10.8. The summed E-state index contributed by atoms with van der Waals surface area (Å²) in [6.45, 7) is 8.44. The molecule has 0 aromatic heterocycles.